The number of rotatable bonds is 25. The number of aliphatic carboxylic acids is 4. The average Bonchev–Trinajstić information content (AvgIpc) is 1.27. The lowest BCUT2D eigenvalue weighted by atomic mass is 9.41. The number of carbonyl (C=O) groups excluding carboxylic acids is 1. The van der Waals surface area contributed by atoms with Crippen molar-refractivity contribution in [1.29, 1.82) is 0 Å². The van der Waals surface area contributed by atoms with E-state index in [9.17, 15) is 98.6 Å². The van der Waals surface area contributed by atoms with Gasteiger partial charge in [-0.2, -0.15) is 0 Å². The second-order valence-electron chi connectivity index (χ2n) is 57.7. The Bertz CT molecular complexity index is 5610. The van der Waals surface area contributed by atoms with Crippen LogP contribution in [-0.4, -0.2) is 162 Å². The van der Waals surface area contributed by atoms with Crippen LogP contribution in [0.5, 0.6) is 0 Å². The molecule has 14 N–H and O–H groups in total. The molecule has 0 saturated heterocycles. The minimum atomic E-state index is -2.59. The molecule has 20 rings (SSSR count). The summed E-state index contributed by atoms with van der Waals surface area (Å²) in [5.74, 6) is -9.31. The maximum absolute atomic E-state index is 12.0. The lowest BCUT2D eigenvalue weighted by molar-refractivity contribution is -0.203. The average molecular weight is 2120 g/mol. The number of carboxylic acids is 4. The summed E-state index contributed by atoms with van der Waals surface area (Å²) in [5, 5.41) is 150. The highest BCUT2D eigenvalue weighted by molar-refractivity contribution is 5.75. The van der Waals surface area contributed by atoms with Gasteiger partial charge in [0.1, 0.15) is 5.78 Å². The second-order valence-corrected chi connectivity index (χ2v) is 57.7. The molecule has 20 aliphatic carbocycles. The van der Waals surface area contributed by atoms with Gasteiger partial charge < -0.3 is 76.3 Å². The lowest BCUT2D eigenvalue weighted by Crippen LogP contribution is -2.62. The van der Waals surface area contributed by atoms with Gasteiger partial charge in [-0.05, 0) is 525 Å². The number of Topliss-reactive ketones (excluding diaryl/α,β-unsaturated/α-hetero) is 1. The Morgan fingerprint density at radius 3 is 0.840 bits per heavy atom. The van der Waals surface area contributed by atoms with Crippen molar-refractivity contribution in [3.05, 3.63) is 0 Å². The fourth-order valence-corrected chi connectivity index (χ4v) is 44.2. The Morgan fingerprint density at radius 2 is 0.540 bits per heavy atom. The third-order valence-corrected chi connectivity index (χ3v) is 51.8. The van der Waals surface area contributed by atoms with Crippen LogP contribution in [0.15, 0.2) is 0 Å². The van der Waals surface area contributed by atoms with Crippen LogP contribution in [0.3, 0.4) is 0 Å². The first-order chi connectivity index (χ1) is 78.6. The van der Waals surface area contributed by atoms with Gasteiger partial charge >= 0.3 is 23.9 Å². The summed E-state index contributed by atoms with van der Waals surface area (Å²) in [7, 11) is 0. The van der Waals surface area contributed by atoms with Gasteiger partial charge in [0.15, 0.2) is 0 Å². The maximum atomic E-state index is 12.0. The number of hydrogen-bond donors (Lipinski definition) is 14. The van der Waals surface area contributed by atoms with Gasteiger partial charge in [0.2, 0.25) is 0 Å². The zero-order chi connectivity index (χ0) is 129. The van der Waals surface area contributed by atoms with Crippen LogP contribution >= 0.6 is 0 Å². The van der Waals surface area contributed by atoms with E-state index in [2.05, 4.69) is 90.0 Å². The predicted octanol–water partition coefficient (Wildman–Crippen LogP) is 26.1. The SMILES string of the molecule is [2H]C([2H])(C[C@@H](C)[C@H]1CC[C@H]2[C@H]3[C@H](CC[C@]12C)[C@@]1(C)CC[C@@H](O)C[C@H]1[C@@H](C([2H])([2H])C)[C@@]3([2H])O)C(=O)O.[2H]C([2H])(C[C@@H](C)[C@H]1CC[C@H]2[C@H]3[C@H](CC[C@]12C)[C@@]1(C)CC[C@@H](O)C[C@H]1[C@]([2H])(CC)[C@@]3([2H])O)C(=O)O.[2H]C([2H])([2H])C[C@@H]1[C@@H]2C[C@H](O)CC[C@]2(C)[C@H]2CC[C@]3(C)[C@@H]([C@H](C)CC([2H])([2H])C(=O)O)CC[C@H]3[C@@H]2[C@]1([2H])O.[2H]C([C@@H]1[C@@H]2C[C@H](O)CC[C@]2(C)[C@H]2CC[C@]3(C)[C@@H]([C@H](C)CCC(C)=O)CC[C@H]3[C@@H]2[C@]1([2H])O)C([2H])([2H])[2H].[2H][C@@]1(O)CC[C@]2(C)[C@H]3CC[C@]4(C)[C@@H]([C@H](C)CCC(=O)O)CC[C@H]4[C@@H]3[C@]([2H])(O)[C@H](CC)[C@@H]2C1. The molecule has 860 valence electrons. The van der Waals surface area contributed by atoms with E-state index in [1.165, 1.54) is 6.92 Å². The summed E-state index contributed by atoms with van der Waals surface area (Å²) >= 11 is 0. The standard InChI is InChI=1S/C27H46O3.4C26H44O4/c1-6-19-23-15-18(29)11-13-27(23,5)22-12-14-26(4)20(16(2)7-8-17(3)28)9-10-21(26)24(22)25(19)30;4*1-5-17-21-14-16(27)10-12-26(21,4)20-11-13-25(3)18(15(2)6-9-22(28)29)7-8-19(25)23(20)24(17)30/h16,18-25,29-30H,6-15H2,1-5H3;4*15-21,23-24,27,30H,5-14H2,1-4H3,(H,28,29)/t16-,18-,19-,20-,21+,22+,23+,24+,25-,26-,27-;15-,16-,17+,18-,19+,20+,21+,23+,24-,25-,26-;3*15-,16-,17-,18-,19+,20+,21+,23+,24-,25-,26-/m11111/s1/i1D3,6D,25D;9D2,17D,24D;5D2,9D2,24D;1D3,9D2,24D;16D,24D/t6?,16-,18-,19-,20-,21+,22+,23+,24+,25-,26-,27-;4m. The molecule has 1 unspecified atom stereocenters. The van der Waals surface area contributed by atoms with Gasteiger partial charge in [-0.1, -0.05) is 170 Å². The molecule has 20 aliphatic rings. The molecule has 0 bridgehead atoms. The summed E-state index contributed by atoms with van der Waals surface area (Å²) in [6.45, 7) is 34.8. The van der Waals surface area contributed by atoms with Gasteiger partial charge in [-0.3, -0.25) is 19.2 Å². The maximum Gasteiger partial charge on any atom is 0.303 e. The summed E-state index contributed by atoms with van der Waals surface area (Å²) < 4.78 is 186. The van der Waals surface area contributed by atoms with Gasteiger partial charge in [0, 0.05) is 53.9 Å². The molecule has 150 heavy (non-hydrogen) atoms. The van der Waals surface area contributed by atoms with E-state index in [0.29, 0.717) is 114 Å². The van der Waals surface area contributed by atoms with Crippen LogP contribution in [-0.2, 0) is 24.0 Å². The van der Waals surface area contributed by atoms with Crippen molar-refractivity contribution in [2.24, 2.45) is 261 Å². The molecule has 0 heterocycles. The molecule has 56 atom stereocenters. The highest BCUT2D eigenvalue weighted by atomic mass is 16.4. The van der Waals surface area contributed by atoms with Crippen molar-refractivity contribution < 1.29 is 126 Å². The minimum absolute atomic E-state index is 0.00127. The van der Waals surface area contributed by atoms with Gasteiger partial charge in [0.25, 0.3) is 0 Å². The van der Waals surface area contributed by atoms with Gasteiger partial charge in [0.05, 0.1) is 69.1 Å². The Labute approximate surface area is 939 Å². The van der Waals surface area contributed by atoms with Gasteiger partial charge in [-0.15, -0.1) is 0 Å². The first-order valence-corrected chi connectivity index (χ1v) is 61.0. The van der Waals surface area contributed by atoms with E-state index in [1.807, 2.05) is 27.7 Å². The molecule has 0 aromatic rings. The van der Waals surface area contributed by atoms with Crippen LogP contribution in [0.1, 0.15) is 496 Å². The summed E-state index contributed by atoms with van der Waals surface area (Å²) in [6.07, 6.45) is 6.87. The monoisotopic (exact) mass is 2120 g/mol. The summed E-state index contributed by atoms with van der Waals surface area (Å²) in [4.78, 5) is 57.1. The van der Waals surface area contributed by atoms with E-state index >= 15 is 0 Å². The zero-order valence-corrected chi connectivity index (χ0v) is 95.6. The minimum Gasteiger partial charge on any atom is -0.481 e. The van der Waals surface area contributed by atoms with E-state index in [0.717, 1.165) is 167 Å². The van der Waals surface area contributed by atoms with Gasteiger partial charge in [-0.25, -0.2) is 0 Å². The van der Waals surface area contributed by atoms with E-state index in [-0.39, 0.29) is 240 Å². The largest absolute Gasteiger partial charge is 0.481 e. The normalized spacial score (nSPS) is 57.9. The predicted molar refractivity (Wildman–Crippen MR) is 592 cm³/mol. The first-order valence-electron chi connectivity index (χ1n) is 72.1. The molecule has 0 aromatic heterocycles. The third kappa shape index (κ3) is 21.2. The molecular formula is C131H222O19. The topological polar surface area (TPSA) is 369 Å². The molecular weight excluding hydrogens is 1880 g/mol. The van der Waals surface area contributed by atoms with Crippen molar-refractivity contribution in [1.82, 2.24) is 0 Å². The summed E-state index contributed by atoms with van der Waals surface area (Å²) in [6, 6.07) is 0. The number of carbonyl (C=O) groups is 5. The molecule has 0 spiro atoms. The Hall–Kier alpha value is -2.85. The molecule has 0 radical (unpaired) electrons. The molecule has 0 aromatic carbocycles. The number of fused-ring (bicyclic) bond motifs is 25. The molecule has 0 amide bonds. The van der Waals surface area contributed by atoms with E-state index in [1.54, 1.807) is 6.92 Å². The highest BCUT2D eigenvalue weighted by Gasteiger charge is 2.73. The van der Waals surface area contributed by atoms with Crippen LogP contribution in [0.4, 0.5) is 0 Å². The molecule has 19 nitrogen and oxygen atoms in total. The quantitative estimate of drug-likeness (QED) is 0.0404. The highest BCUT2D eigenvalue weighted by Crippen LogP contribution is 2.78. The van der Waals surface area contributed by atoms with Crippen molar-refractivity contribution in [2.75, 3.05) is 0 Å². The van der Waals surface area contributed by atoms with Crippen LogP contribution < -0.4 is 0 Å². The molecule has 19 heteroatoms. The number of ketones is 1. The second kappa shape index (κ2) is 46.6. The van der Waals surface area contributed by atoms with Crippen LogP contribution in [0.25, 0.3) is 0 Å². The number of carboxylic acid groups (broad SMARTS) is 4. The molecule has 20 fully saturated rings. The molecule has 0 aliphatic heterocycles. The third-order valence-electron chi connectivity index (χ3n) is 51.8. The van der Waals surface area contributed by atoms with E-state index < -0.39 is 166 Å². The van der Waals surface area contributed by atoms with E-state index in [4.69, 9.17) is 27.0 Å². The van der Waals surface area contributed by atoms with Crippen molar-refractivity contribution >= 4 is 29.7 Å². The Kier molecular flexibility index (Phi) is 28.8. The fourth-order valence-electron chi connectivity index (χ4n) is 44.2. The fraction of sp³-hybridized carbons (Fsp3) is 0.962. The lowest BCUT2D eigenvalue weighted by Gasteiger charge is -2.64. The zero-order valence-electron chi connectivity index (χ0n) is 118. The smallest absolute Gasteiger partial charge is 0.303 e. The van der Waals surface area contributed by atoms with Crippen LogP contribution in [0.2, 0.25) is 0 Å². The summed E-state index contributed by atoms with van der Waals surface area (Å²) in [5.41, 5.74) is -1.79. The molecule has 20 saturated carbocycles. The van der Waals surface area contributed by atoms with Crippen molar-refractivity contribution in [2.45, 2.75) is 527 Å². The Morgan fingerprint density at radius 1 is 0.280 bits per heavy atom. The number of aliphatic hydroxyl groups is 10. The number of hydrogen-bond acceptors (Lipinski definition) is 15. The number of aliphatic hydroxyl groups excluding tert-OH is 4. The Balaban J connectivity index is 0.000000150. The first kappa shape index (κ1) is 92.7. The van der Waals surface area contributed by atoms with Crippen molar-refractivity contribution in [3.63, 3.8) is 0 Å². The van der Waals surface area contributed by atoms with Crippen molar-refractivity contribution in [3.8, 4) is 0 Å². The van der Waals surface area contributed by atoms with Crippen LogP contribution in [0, 0.1) is 261 Å².